The Balaban J connectivity index is 0. The number of aliphatic carboxylic acids is 4. The number of halogens is 12. The molecule has 52 heteroatoms. The molecule has 3 rings (SSSR count). The first-order chi connectivity index (χ1) is 53.1. The van der Waals surface area contributed by atoms with Crippen molar-refractivity contribution in [2.24, 2.45) is 61.0 Å². The van der Waals surface area contributed by atoms with E-state index in [0.717, 1.165) is 0 Å². The number of aromatic hydroxyl groups is 2. The lowest BCUT2D eigenvalue weighted by molar-refractivity contribution is -0.193. The molecule has 648 valence electrons. The molecule has 7 atom stereocenters. The number of nitrogens with zero attached hydrogens (tertiary/aromatic N) is 3. The van der Waals surface area contributed by atoms with Crippen LogP contribution in [-0.2, 0) is 75.2 Å². The Morgan fingerprint density at radius 2 is 1.03 bits per heavy atom. The van der Waals surface area contributed by atoms with Gasteiger partial charge in [-0.25, -0.2) is 24.0 Å². The van der Waals surface area contributed by atoms with E-state index < -0.39 is 156 Å². The zero-order valence-electron chi connectivity index (χ0n) is 61.2. The van der Waals surface area contributed by atoms with Crippen molar-refractivity contribution in [1.29, 1.82) is 0 Å². The number of carbonyl (C=O) groups excluding carboxylic acids is 10. The lowest BCUT2D eigenvalue weighted by Gasteiger charge is -2.28. The fourth-order valence-corrected chi connectivity index (χ4v) is 8.70. The maximum atomic E-state index is 14.8. The highest BCUT2D eigenvalue weighted by Gasteiger charge is 2.41. The number of hydrogen-bond acceptors (Lipinski definition) is 21. The topological polar surface area (TPSA) is 700 Å². The number of phenols is 2. The SMILES string of the molecule is CC(C)C[C@H](NC(=O)[C@@H]1CCCN=C(N)NC(=O)NCCCCNC(=O)[C@H](NC(=O)CCCN)CC(=O)N[C@@H](CCCN=C(N)N)C(=O)N[C@@H](Cc2ccc(O)cc2)C(=O)N1)C(=O)N[C@@H](CCCN=C(N)N)C(=O)N[C@@H](Cc1ccc(O)cc1)C(N)=O.O=C(O)C(F)(F)F.O=C(O)C(F)(F)F.O=C(O)C(F)(F)F.O=C(O)C(F)(F)F. The van der Waals surface area contributed by atoms with Gasteiger partial charge in [-0.05, 0) is 112 Å². The molecule has 1 heterocycles. The molecule has 30 N–H and O–H groups in total. The first kappa shape index (κ1) is 105. The van der Waals surface area contributed by atoms with Gasteiger partial charge in [0.05, 0.1) is 6.42 Å². The van der Waals surface area contributed by atoms with E-state index in [1.54, 1.807) is 13.8 Å². The fourth-order valence-electron chi connectivity index (χ4n) is 8.70. The molecule has 0 aromatic heterocycles. The minimum atomic E-state index is -5.08. The molecule has 1 aliphatic heterocycles. The minimum absolute atomic E-state index is 0.00874. The number of carboxylic acids is 4. The number of aliphatic imine (C=N–C) groups is 3. The number of carbonyl (C=O) groups is 14. The van der Waals surface area contributed by atoms with Crippen molar-refractivity contribution >= 4 is 101 Å². The summed E-state index contributed by atoms with van der Waals surface area (Å²) in [5.41, 5.74) is 40.4. The van der Waals surface area contributed by atoms with Crippen molar-refractivity contribution in [2.45, 2.75) is 171 Å². The van der Waals surface area contributed by atoms with Gasteiger partial charge in [0.2, 0.25) is 53.2 Å². The average molecular weight is 1680 g/mol. The maximum absolute atomic E-state index is 14.8. The van der Waals surface area contributed by atoms with Gasteiger partial charge in [-0.1, -0.05) is 38.1 Å². The predicted molar refractivity (Wildman–Crippen MR) is 378 cm³/mol. The summed E-state index contributed by atoms with van der Waals surface area (Å²) >= 11 is 0. The van der Waals surface area contributed by atoms with E-state index in [4.69, 9.17) is 79.7 Å². The Kier molecular flexibility index (Phi) is 48.0. The maximum Gasteiger partial charge on any atom is 0.490 e. The van der Waals surface area contributed by atoms with Crippen LogP contribution in [0.5, 0.6) is 11.5 Å². The molecule has 0 aliphatic carbocycles. The molecule has 0 saturated heterocycles. The summed E-state index contributed by atoms with van der Waals surface area (Å²) in [6.07, 6.45) is -20.5. The standard InChI is InChI=1S/C55H88N20O12.4C2HF3O2/c1-31(2)27-40(50(85)70-37(10-7-25-65-53(60)61)48(83)72-39(45(57)80)28-32-13-17-34(76)18-14-32)73-49(84)38-11-8-26-66-54(62)75-55(87)67-23-4-3-22-63-46(81)42(69-43(78)12-5-21-56)30-44(79)68-36(9-6-24-64-52(58)59)47(82)74-41(51(86)71-38)29-33-15-19-35(77)20-16-33;4*3-2(4,5)1(6)7/h13-20,31,36-42,76-77H,3-12,21-30,56H2,1-2H3,(H2,57,80)(H,63,81)(H,68,79)(H,69,78)(H,70,85)(H,71,86)(H,72,83)(H,73,84)(H,74,82)(H4,58,59,64)(H4,60,61,65)(H4,62,66,67,75,87);4*(H,6,7)/t36-,37-,38-,39-,40-,41-,42+;;;;/m0..../s1. The number of amides is 11. The second-order valence-electron chi connectivity index (χ2n) is 24.3. The van der Waals surface area contributed by atoms with Crippen LogP contribution in [0.15, 0.2) is 63.5 Å². The third kappa shape index (κ3) is 50.2. The van der Waals surface area contributed by atoms with Crippen LogP contribution < -0.4 is 93.3 Å². The van der Waals surface area contributed by atoms with Crippen LogP contribution in [-0.4, -0.2) is 238 Å². The number of hydrogen-bond donors (Lipinski definition) is 23. The molecule has 0 radical (unpaired) electrons. The molecule has 11 amide bonds. The van der Waals surface area contributed by atoms with Gasteiger partial charge in [-0.2, -0.15) is 52.7 Å². The summed E-state index contributed by atoms with van der Waals surface area (Å²) in [5.74, 6) is -19.7. The van der Waals surface area contributed by atoms with Gasteiger partial charge >= 0.3 is 54.6 Å². The number of guanidine groups is 3. The highest BCUT2D eigenvalue weighted by atomic mass is 19.4. The fraction of sp³-hybridized carbons (Fsp3) is 0.540. The Bertz CT molecular complexity index is 3510. The van der Waals surface area contributed by atoms with Crippen LogP contribution in [0.3, 0.4) is 0 Å². The van der Waals surface area contributed by atoms with Crippen LogP contribution in [0.25, 0.3) is 0 Å². The van der Waals surface area contributed by atoms with Crippen molar-refractivity contribution in [3.05, 3.63) is 59.7 Å². The Hall–Kier alpha value is -12.5. The second-order valence-corrected chi connectivity index (χ2v) is 24.3. The number of nitrogens with two attached hydrogens (primary N) is 7. The summed E-state index contributed by atoms with van der Waals surface area (Å²) in [4.78, 5) is 186. The summed E-state index contributed by atoms with van der Waals surface area (Å²) in [7, 11) is 0. The largest absolute Gasteiger partial charge is 0.508 e. The second kappa shape index (κ2) is 52.7. The Morgan fingerprint density at radius 1 is 0.574 bits per heavy atom. The number of nitrogens with one attached hydrogen (secondary N) is 10. The quantitative estimate of drug-likeness (QED) is 0.0219. The third-order valence-electron chi connectivity index (χ3n) is 14.2. The van der Waals surface area contributed by atoms with Gasteiger partial charge in [-0.15, -0.1) is 0 Å². The lowest BCUT2D eigenvalue weighted by Crippen LogP contribution is -2.60. The molecule has 0 fully saturated rings. The normalized spacial score (nSPS) is 17.0. The van der Waals surface area contributed by atoms with Crippen molar-refractivity contribution in [1.82, 2.24) is 53.2 Å². The predicted octanol–water partition coefficient (Wildman–Crippen LogP) is -2.12. The Labute approximate surface area is 645 Å². The first-order valence-electron chi connectivity index (χ1n) is 33.7. The minimum Gasteiger partial charge on any atom is -0.508 e. The third-order valence-corrected chi connectivity index (χ3v) is 14.2. The molecule has 1 aliphatic rings. The van der Waals surface area contributed by atoms with Crippen molar-refractivity contribution in [3.8, 4) is 11.5 Å². The molecule has 40 nitrogen and oxygen atoms in total. The van der Waals surface area contributed by atoms with Crippen LogP contribution in [0.4, 0.5) is 57.5 Å². The molecular formula is C63H92F12N20O20. The summed E-state index contributed by atoms with van der Waals surface area (Å²) < 4.78 is 127. The van der Waals surface area contributed by atoms with E-state index in [1.807, 2.05) is 0 Å². The number of urea groups is 1. The molecule has 2 aromatic rings. The molecule has 0 spiro atoms. The number of carboxylic acid groups (broad SMARTS) is 4. The first-order valence-corrected chi connectivity index (χ1v) is 33.7. The molecule has 2 aromatic carbocycles. The van der Waals surface area contributed by atoms with Gasteiger partial charge in [-0.3, -0.25) is 63.4 Å². The Morgan fingerprint density at radius 3 is 1.49 bits per heavy atom. The summed E-state index contributed by atoms with van der Waals surface area (Å²) in [6, 6.07) is 0.923. The van der Waals surface area contributed by atoms with E-state index >= 15 is 0 Å². The van der Waals surface area contributed by atoms with E-state index in [-0.39, 0.29) is 145 Å². The lowest BCUT2D eigenvalue weighted by atomic mass is 10.00. The van der Waals surface area contributed by atoms with Crippen LogP contribution in [0.2, 0.25) is 0 Å². The number of phenolic OH excluding ortho intramolecular Hbond substituents is 2. The van der Waals surface area contributed by atoms with E-state index in [1.165, 1.54) is 48.5 Å². The molecular weight excluding hydrogens is 1580 g/mol. The van der Waals surface area contributed by atoms with Gasteiger partial charge in [0.25, 0.3) is 0 Å². The van der Waals surface area contributed by atoms with Gasteiger partial charge in [0.1, 0.15) is 53.8 Å². The van der Waals surface area contributed by atoms with E-state index in [9.17, 15) is 111 Å². The monoisotopic (exact) mass is 1680 g/mol. The average Bonchev–Trinajstić information content (AvgIpc) is 0.875. The van der Waals surface area contributed by atoms with Crippen LogP contribution >= 0.6 is 0 Å². The van der Waals surface area contributed by atoms with E-state index in [2.05, 4.69) is 68.1 Å². The van der Waals surface area contributed by atoms with Crippen molar-refractivity contribution in [2.75, 3.05) is 39.3 Å². The van der Waals surface area contributed by atoms with Crippen molar-refractivity contribution < 1.29 is 150 Å². The van der Waals surface area contributed by atoms with Crippen LogP contribution in [0.1, 0.15) is 102 Å². The molecule has 0 saturated carbocycles. The molecule has 0 unspecified atom stereocenters. The molecule has 115 heavy (non-hydrogen) atoms. The van der Waals surface area contributed by atoms with Gasteiger partial charge in [0, 0.05) is 52.0 Å². The summed E-state index contributed by atoms with van der Waals surface area (Å²) in [6.45, 7) is 3.87. The van der Waals surface area contributed by atoms with Gasteiger partial charge in [0.15, 0.2) is 17.9 Å². The number of benzene rings is 2. The molecule has 0 bridgehead atoms. The van der Waals surface area contributed by atoms with Gasteiger partial charge < -0.3 is 119 Å². The smallest absolute Gasteiger partial charge is 0.490 e. The number of primary amides is 1. The van der Waals surface area contributed by atoms with Crippen molar-refractivity contribution in [3.63, 3.8) is 0 Å². The highest BCUT2D eigenvalue weighted by Crippen LogP contribution is 2.19. The zero-order valence-corrected chi connectivity index (χ0v) is 61.2. The highest BCUT2D eigenvalue weighted by molar-refractivity contribution is 5.98. The number of alkyl halides is 12. The summed E-state index contributed by atoms with van der Waals surface area (Å²) in [5, 5.41) is 74.6. The number of rotatable bonds is 25. The van der Waals surface area contributed by atoms with E-state index in [0.29, 0.717) is 24.0 Å². The van der Waals surface area contributed by atoms with Crippen LogP contribution in [0, 0.1) is 5.92 Å². The zero-order chi connectivity index (χ0) is 88.7.